The quantitative estimate of drug-likeness (QED) is 0.446. The fraction of sp³-hybridized carbons (Fsp3) is 0.381. The predicted molar refractivity (Wildman–Crippen MR) is 106 cm³/mol. The molecule has 0 saturated heterocycles. The maximum Gasteiger partial charge on any atom is 0.435 e. The van der Waals surface area contributed by atoms with Crippen LogP contribution in [0.1, 0.15) is 30.9 Å². The van der Waals surface area contributed by atoms with Crippen LogP contribution in [0, 0.1) is 6.92 Å². The fourth-order valence-electron chi connectivity index (χ4n) is 2.77. The summed E-state index contributed by atoms with van der Waals surface area (Å²) in [5, 5.41) is 0. The molecule has 2 aromatic carbocycles. The van der Waals surface area contributed by atoms with Crippen molar-refractivity contribution in [3.05, 3.63) is 65.7 Å². The Morgan fingerprint density at radius 1 is 1.07 bits per heavy atom. The van der Waals surface area contributed by atoms with Gasteiger partial charge in [0.05, 0.1) is 10.9 Å². The van der Waals surface area contributed by atoms with Crippen LogP contribution < -0.4 is 4.72 Å². The second kappa shape index (κ2) is 10.2. The monoisotopic (exact) mass is 445 g/mol. The zero-order chi connectivity index (χ0) is 22.4. The molecular weight excluding hydrogens is 422 g/mol. The van der Waals surface area contributed by atoms with E-state index < -0.39 is 41.4 Å². The summed E-state index contributed by atoms with van der Waals surface area (Å²) in [7, 11) is -2.16. The molecule has 0 aromatic heterocycles. The number of halogens is 4. The Bertz CT molecular complexity index is 859. The summed E-state index contributed by atoms with van der Waals surface area (Å²) in [5.41, 5.74) is -3.09. The van der Waals surface area contributed by atoms with Crippen LogP contribution in [-0.4, -0.2) is 28.1 Å². The lowest BCUT2D eigenvalue weighted by Crippen LogP contribution is -2.62. The summed E-state index contributed by atoms with van der Waals surface area (Å²) in [4.78, 5) is 12.5. The number of hydrogen-bond donors (Lipinski definition) is 1. The molecule has 1 N–H and O–H groups in total. The zero-order valence-electron chi connectivity index (χ0n) is 16.5. The number of aryl methyl sites for hydroxylation is 1. The van der Waals surface area contributed by atoms with E-state index in [1.807, 2.05) is 0 Å². The molecular formula is C21H23F4NO3S. The minimum Gasteiger partial charge on any atom is -0.458 e. The number of ether oxygens (including phenoxy) is 1. The standard InChI is InChI=1S/C21H23F4NO3S/c1-3-7-18(26-30(28)17-12-10-15(2)11-13-17)20(22,21(23,24)25)19(27)29-14-16-8-5-4-6-9-16/h4-6,8-13,18,26H,3,7,14H2,1-2H3. The van der Waals surface area contributed by atoms with Crippen molar-refractivity contribution in [1.82, 2.24) is 4.72 Å². The Morgan fingerprint density at radius 2 is 1.67 bits per heavy atom. The van der Waals surface area contributed by atoms with Crippen LogP contribution in [0.5, 0.6) is 0 Å². The number of rotatable bonds is 9. The van der Waals surface area contributed by atoms with Crippen LogP contribution in [0.2, 0.25) is 0 Å². The van der Waals surface area contributed by atoms with Gasteiger partial charge in [0, 0.05) is 0 Å². The Labute approximate surface area is 175 Å². The lowest BCUT2D eigenvalue weighted by atomic mass is 9.92. The summed E-state index contributed by atoms with van der Waals surface area (Å²) in [6.07, 6.45) is -5.82. The maximum absolute atomic E-state index is 15.4. The Morgan fingerprint density at radius 3 is 2.20 bits per heavy atom. The molecule has 0 aliphatic carbocycles. The summed E-state index contributed by atoms with van der Waals surface area (Å²) in [6, 6.07) is 12.1. The van der Waals surface area contributed by atoms with E-state index in [9.17, 15) is 22.2 Å². The number of benzene rings is 2. The van der Waals surface area contributed by atoms with Crippen LogP contribution in [0.4, 0.5) is 17.6 Å². The average molecular weight is 445 g/mol. The van der Waals surface area contributed by atoms with Crippen LogP contribution in [0.25, 0.3) is 0 Å². The number of hydrogen-bond acceptors (Lipinski definition) is 3. The highest BCUT2D eigenvalue weighted by Gasteiger charge is 2.67. The smallest absolute Gasteiger partial charge is 0.435 e. The molecule has 9 heteroatoms. The van der Waals surface area contributed by atoms with Gasteiger partial charge in [-0.2, -0.15) is 13.2 Å². The third-order valence-corrected chi connectivity index (χ3v) is 5.66. The summed E-state index contributed by atoms with van der Waals surface area (Å²) in [5.74, 6) is -2.06. The molecule has 0 radical (unpaired) electrons. The first-order valence-corrected chi connectivity index (χ1v) is 10.5. The van der Waals surface area contributed by atoms with Crippen LogP contribution in [-0.2, 0) is 27.1 Å². The molecule has 2 aromatic rings. The van der Waals surface area contributed by atoms with Crippen molar-refractivity contribution in [3.63, 3.8) is 0 Å². The predicted octanol–water partition coefficient (Wildman–Crippen LogP) is 4.79. The molecule has 0 fully saturated rings. The molecule has 164 valence electrons. The van der Waals surface area contributed by atoms with E-state index in [0.717, 1.165) is 5.56 Å². The summed E-state index contributed by atoms with van der Waals surface area (Å²) >= 11 is 0. The molecule has 4 nitrogen and oxygen atoms in total. The first-order chi connectivity index (χ1) is 14.1. The van der Waals surface area contributed by atoms with E-state index in [-0.39, 0.29) is 17.7 Å². The third kappa shape index (κ3) is 5.66. The second-order valence-corrected chi connectivity index (χ2v) is 8.06. The average Bonchev–Trinajstić information content (AvgIpc) is 2.71. The minimum atomic E-state index is -5.56. The molecule has 2 rings (SSSR count). The molecule has 0 saturated carbocycles. The van der Waals surface area contributed by atoms with Crippen molar-refractivity contribution in [2.24, 2.45) is 0 Å². The van der Waals surface area contributed by atoms with Gasteiger partial charge < -0.3 is 4.74 Å². The van der Waals surface area contributed by atoms with Crippen molar-refractivity contribution in [1.29, 1.82) is 0 Å². The van der Waals surface area contributed by atoms with Crippen molar-refractivity contribution in [2.45, 2.75) is 56.1 Å². The Balaban J connectivity index is 2.27. The van der Waals surface area contributed by atoms with E-state index in [4.69, 9.17) is 0 Å². The van der Waals surface area contributed by atoms with Crippen molar-refractivity contribution < 1.29 is 31.3 Å². The molecule has 0 spiro atoms. The highest BCUT2D eigenvalue weighted by Crippen LogP contribution is 2.40. The molecule has 0 heterocycles. The minimum absolute atomic E-state index is 0.122. The number of carbonyl (C=O) groups excluding carboxylic acids is 1. The van der Waals surface area contributed by atoms with Gasteiger partial charge in [-0.3, -0.25) is 0 Å². The van der Waals surface area contributed by atoms with Gasteiger partial charge in [-0.25, -0.2) is 18.1 Å². The summed E-state index contributed by atoms with van der Waals surface area (Å²) < 4.78 is 76.0. The molecule has 3 unspecified atom stereocenters. The van der Waals surface area contributed by atoms with Crippen molar-refractivity contribution in [3.8, 4) is 0 Å². The maximum atomic E-state index is 15.4. The zero-order valence-corrected chi connectivity index (χ0v) is 17.4. The normalized spacial score (nSPS) is 15.8. The lowest BCUT2D eigenvalue weighted by Gasteiger charge is -2.33. The number of carbonyl (C=O) groups is 1. The van der Waals surface area contributed by atoms with Gasteiger partial charge in [-0.05, 0) is 31.0 Å². The van der Waals surface area contributed by atoms with Gasteiger partial charge in [0.2, 0.25) is 0 Å². The van der Waals surface area contributed by atoms with E-state index in [0.29, 0.717) is 5.56 Å². The van der Waals surface area contributed by atoms with Crippen molar-refractivity contribution >= 4 is 17.0 Å². The van der Waals surface area contributed by atoms with Gasteiger partial charge in [0.25, 0.3) is 0 Å². The first-order valence-electron chi connectivity index (χ1n) is 9.31. The molecule has 0 bridgehead atoms. The number of alkyl halides is 4. The SMILES string of the molecule is CCCC(NS(=O)c1ccc(C)cc1)C(F)(C(=O)OCc1ccccc1)C(F)(F)F. The van der Waals surface area contributed by atoms with Gasteiger partial charge in [-0.15, -0.1) is 0 Å². The highest BCUT2D eigenvalue weighted by molar-refractivity contribution is 7.83. The van der Waals surface area contributed by atoms with E-state index >= 15 is 4.39 Å². The van der Waals surface area contributed by atoms with E-state index in [1.54, 1.807) is 37.3 Å². The van der Waals surface area contributed by atoms with Crippen LogP contribution in [0.3, 0.4) is 0 Å². The molecule has 0 aliphatic heterocycles. The topological polar surface area (TPSA) is 55.4 Å². The van der Waals surface area contributed by atoms with Crippen LogP contribution >= 0.6 is 0 Å². The van der Waals surface area contributed by atoms with Gasteiger partial charge in [-0.1, -0.05) is 61.4 Å². The van der Waals surface area contributed by atoms with Gasteiger partial charge in [0.1, 0.15) is 17.6 Å². The highest BCUT2D eigenvalue weighted by atomic mass is 32.2. The Kier molecular flexibility index (Phi) is 8.14. The largest absolute Gasteiger partial charge is 0.458 e. The third-order valence-electron chi connectivity index (χ3n) is 4.46. The fourth-order valence-corrected chi connectivity index (χ4v) is 3.83. The Hall–Kier alpha value is -2.26. The molecule has 0 aliphatic rings. The van der Waals surface area contributed by atoms with E-state index in [2.05, 4.69) is 9.46 Å². The lowest BCUT2D eigenvalue weighted by molar-refractivity contribution is -0.246. The van der Waals surface area contributed by atoms with Gasteiger partial charge >= 0.3 is 17.8 Å². The van der Waals surface area contributed by atoms with Gasteiger partial charge in [0.15, 0.2) is 0 Å². The van der Waals surface area contributed by atoms with Crippen LogP contribution in [0.15, 0.2) is 59.5 Å². The molecule has 30 heavy (non-hydrogen) atoms. The number of nitrogens with one attached hydrogen (secondary N) is 1. The van der Waals surface area contributed by atoms with Crippen molar-refractivity contribution in [2.75, 3.05) is 0 Å². The first kappa shape index (κ1) is 24.0. The summed E-state index contributed by atoms with van der Waals surface area (Å²) in [6.45, 7) is 2.82. The second-order valence-electron chi connectivity index (χ2n) is 6.81. The van der Waals surface area contributed by atoms with E-state index in [1.165, 1.54) is 31.2 Å². The number of esters is 1. The molecule has 0 amide bonds. The molecule has 3 atom stereocenters.